The third-order valence-electron chi connectivity index (χ3n) is 2.44. The minimum absolute atomic E-state index is 0.0501. The van der Waals surface area contributed by atoms with Crippen molar-refractivity contribution in [2.24, 2.45) is 0 Å². The highest BCUT2D eigenvalue weighted by Gasteiger charge is 2.22. The van der Waals surface area contributed by atoms with Gasteiger partial charge in [-0.1, -0.05) is 0 Å². The highest BCUT2D eigenvalue weighted by Crippen LogP contribution is 2.31. The molecule has 20 heavy (non-hydrogen) atoms. The zero-order valence-electron chi connectivity index (χ0n) is 10.1. The number of aromatic nitrogens is 1. The average molecular weight is 303 g/mol. The molecule has 0 saturated heterocycles. The van der Waals surface area contributed by atoms with Crippen molar-refractivity contribution in [3.05, 3.63) is 40.2 Å². The molecule has 106 valence electrons. The predicted molar refractivity (Wildman–Crippen MR) is 65.1 cm³/mol. The van der Waals surface area contributed by atoms with Gasteiger partial charge in [-0.05, 0) is 12.1 Å². The Balaban J connectivity index is 2.56. The van der Waals surface area contributed by atoms with Crippen molar-refractivity contribution in [3.8, 4) is 10.6 Å². The van der Waals surface area contributed by atoms with Crippen molar-refractivity contribution >= 4 is 17.3 Å². The SMILES string of the molecule is COCc1nc(-c2ccc(F)c(F)c2F)sc1C(=O)O. The first-order valence-corrected chi connectivity index (χ1v) is 6.13. The predicted octanol–water partition coefficient (Wildman–Crippen LogP) is 3.07. The number of methoxy groups -OCH3 is 1. The summed E-state index contributed by atoms with van der Waals surface area (Å²) in [5.74, 6) is -5.59. The van der Waals surface area contributed by atoms with Crippen LogP contribution in [0.2, 0.25) is 0 Å². The van der Waals surface area contributed by atoms with Crippen molar-refractivity contribution in [2.45, 2.75) is 6.61 Å². The lowest BCUT2D eigenvalue weighted by Gasteiger charge is -2.00. The van der Waals surface area contributed by atoms with Gasteiger partial charge in [0.15, 0.2) is 17.5 Å². The first kappa shape index (κ1) is 14.5. The lowest BCUT2D eigenvalue weighted by molar-refractivity contribution is 0.0697. The summed E-state index contributed by atoms with van der Waals surface area (Å²) in [7, 11) is 1.35. The van der Waals surface area contributed by atoms with Gasteiger partial charge in [-0.3, -0.25) is 0 Å². The van der Waals surface area contributed by atoms with Crippen LogP contribution in [0.5, 0.6) is 0 Å². The number of nitrogens with zero attached hydrogens (tertiary/aromatic N) is 1. The number of hydrogen-bond acceptors (Lipinski definition) is 4. The Labute approximate surface area is 115 Å². The summed E-state index contributed by atoms with van der Waals surface area (Å²) >= 11 is 0.670. The standard InChI is InChI=1S/C12H8F3NO3S/c1-19-4-7-10(12(17)18)20-11(16-7)5-2-3-6(13)9(15)8(5)14/h2-3H,4H2,1H3,(H,17,18). The summed E-state index contributed by atoms with van der Waals surface area (Å²) in [6.45, 7) is -0.0799. The molecule has 8 heteroatoms. The molecule has 0 atom stereocenters. The van der Waals surface area contributed by atoms with Crippen molar-refractivity contribution in [1.82, 2.24) is 4.98 Å². The van der Waals surface area contributed by atoms with Gasteiger partial charge in [-0.2, -0.15) is 0 Å². The van der Waals surface area contributed by atoms with Crippen LogP contribution in [-0.2, 0) is 11.3 Å². The van der Waals surface area contributed by atoms with Crippen LogP contribution < -0.4 is 0 Å². The molecule has 0 aliphatic rings. The Morgan fingerprint density at radius 1 is 1.35 bits per heavy atom. The van der Waals surface area contributed by atoms with Gasteiger partial charge in [0.2, 0.25) is 0 Å². The van der Waals surface area contributed by atoms with Crippen molar-refractivity contribution in [1.29, 1.82) is 0 Å². The zero-order valence-corrected chi connectivity index (χ0v) is 10.9. The second-order valence-electron chi connectivity index (χ2n) is 3.76. The molecule has 4 nitrogen and oxygen atoms in total. The van der Waals surface area contributed by atoms with E-state index in [0.29, 0.717) is 11.3 Å². The van der Waals surface area contributed by atoms with E-state index in [-0.39, 0.29) is 27.7 Å². The molecule has 0 amide bonds. The van der Waals surface area contributed by atoms with E-state index < -0.39 is 23.4 Å². The molecule has 1 aromatic heterocycles. The van der Waals surface area contributed by atoms with E-state index >= 15 is 0 Å². The van der Waals surface area contributed by atoms with Gasteiger partial charge in [0.1, 0.15) is 9.88 Å². The molecule has 0 fully saturated rings. The normalized spacial score (nSPS) is 10.8. The molecule has 0 unspecified atom stereocenters. The van der Waals surface area contributed by atoms with E-state index in [4.69, 9.17) is 9.84 Å². The van der Waals surface area contributed by atoms with Crippen LogP contribution in [0, 0.1) is 17.5 Å². The fourth-order valence-corrected chi connectivity index (χ4v) is 2.49. The molecule has 0 saturated carbocycles. The van der Waals surface area contributed by atoms with Gasteiger partial charge in [0.05, 0.1) is 12.3 Å². The van der Waals surface area contributed by atoms with Gasteiger partial charge in [-0.15, -0.1) is 11.3 Å². The van der Waals surface area contributed by atoms with Gasteiger partial charge in [0.25, 0.3) is 0 Å². The van der Waals surface area contributed by atoms with E-state index in [0.717, 1.165) is 12.1 Å². The molecule has 0 bridgehead atoms. The number of halogens is 3. The first-order valence-electron chi connectivity index (χ1n) is 5.31. The summed E-state index contributed by atoms with van der Waals surface area (Å²) in [5.41, 5.74) is -0.192. The Kier molecular flexibility index (Phi) is 4.05. The maximum Gasteiger partial charge on any atom is 0.347 e. The van der Waals surface area contributed by atoms with E-state index in [1.54, 1.807) is 0 Å². The van der Waals surface area contributed by atoms with Crippen molar-refractivity contribution in [3.63, 3.8) is 0 Å². The largest absolute Gasteiger partial charge is 0.477 e. The molecule has 1 N–H and O–H groups in total. The zero-order chi connectivity index (χ0) is 14.9. The second kappa shape index (κ2) is 5.59. The number of carboxylic acids is 1. The van der Waals surface area contributed by atoms with E-state index in [9.17, 15) is 18.0 Å². The van der Waals surface area contributed by atoms with Crippen molar-refractivity contribution in [2.75, 3.05) is 7.11 Å². The highest BCUT2D eigenvalue weighted by molar-refractivity contribution is 7.17. The van der Waals surface area contributed by atoms with Gasteiger partial charge < -0.3 is 9.84 Å². The Morgan fingerprint density at radius 2 is 2.05 bits per heavy atom. The molecule has 2 rings (SSSR count). The molecule has 0 spiro atoms. The van der Waals surface area contributed by atoms with Gasteiger partial charge in [-0.25, -0.2) is 22.9 Å². The summed E-state index contributed by atoms with van der Waals surface area (Å²) < 4.78 is 44.5. The van der Waals surface area contributed by atoms with E-state index in [1.807, 2.05) is 0 Å². The van der Waals surface area contributed by atoms with Crippen LogP contribution in [-0.4, -0.2) is 23.2 Å². The fourth-order valence-electron chi connectivity index (χ4n) is 1.56. The van der Waals surface area contributed by atoms with Crippen LogP contribution in [0.3, 0.4) is 0 Å². The Hall–Kier alpha value is -1.93. The van der Waals surface area contributed by atoms with Crippen molar-refractivity contribution < 1.29 is 27.8 Å². The van der Waals surface area contributed by atoms with Crippen LogP contribution in [0.4, 0.5) is 13.2 Å². The summed E-state index contributed by atoms with van der Waals surface area (Å²) in [6, 6.07) is 1.76. The van der Waals surface area contributed by atoms with Crippen LogP contribution in [0.15, 0.2) is 12.1 Å². The molecule has 1 aromatic carbocycles. The minimum atomic E-state index is -1.62. The van der Waals surface area contributed by atoms with Gasteiger partial charge in [0, 0.05) is 12.7 Å². The van der Waals surface area contributed by atoms with E-state index in [1.165, 1.54) is 7.11 Å². The molecule has 0 radical (unpaired) electrons. The average Bonchev–Trinajstić information content (AvgIpc) is 2.80. The van der Waals surface area contributed by atoms with Gasteiger partial charge >= 0.3 is 5.97 Å². The fraction of sp³-hybridized carbons (Fsp3) is 0.167. The number of benzene rings is 1. The molecule has 0 aliphatic heterocycles. The maximum absolute atomic E-state index is 13.6. The first-order chi connectivity index (χ1) is 9.45. The summed E-state index contributed by atoms with van der Waals surface area (Å²) in [4.78, 5) is 14.8. The molecule has 2 aromatic rings. The van der Waals surface area contributed by atoms with E-state index in [2.05, 4.69) is 4.98 Å². The highest BCUT2D eigenvalue weighted by atomic mass is 32.1. The minimum Gasteiger partial charge on any atom is -0.477 e. The van der Waals surface area contributed by atoms with Crippen LogP contribution >= 0.6 is 11.3 Å². The number of ether oxygens (including phenoxy) is 1. The lowest BCUT2D eigenvalue weighted by atomic mass is 10.2. The number of aromatic carboxylic acids is 1. The smallest absolute Gasteiger partial charge is 0.347 e. The molecule has 1 heterocycles. The topological polar surface area (TPSA) is 59.4 Å². The number of carboxylic acid groups (broad SMARTS) is 1. The number of carbonyl (C=O) groups is 1. The lowest BCUT2D eigenvalue weighted by Crippen LogP contribution is -1.99. The summed E-state index contributed by atoms with van der Waals surface area (Å²) in [6.07, 6.45) is 0. The second-order valence-corrected chi connectivity index (χ2v) is 4.75. The number of hydrogen-bond donors (Lipinski definition) is 1. The number of thiazole rings is 1. The Bertz CT molecular complexity index is 672. The van der Waals surface area contributed by atoms with Crippen LogP contribution in [0.25, 0.3) is 10.6 Å². The summed E-state index contributed by atoms with van der Waals surface area (Å²) in [5, 5.41) is 8.96. The quantitative estimate of drug-likeness (QED) is 0.882. The third-order valence-corrected chi connectivity index (χ3v) is 3.56. The van der Waals surface area contributed by atoms with Crippen LogP contribution in [0.1, 0.15) is 15.4 Å². The maximum atomic E-state index is 13.6. The Morgan fingerprint density at radius 3 is 2.65 bits per heavy atom. The molecule has 0 aliphatic carbocycles. The monoisotopic (exact) mass is 303 g/mol. The molecular formula is C12H8F3NO3S. The molecular weight excluding hydrogens is 295 g/mol. The third kappa shape index (κ3) is 2.52. The number of rotatable bonds is 4.